The predicted octanol–water partition coefficient (Wildman–Crippen LogP) is 0.325. The number of aliphatic carboxylic acids is 1. The van der Waals surface area contributed by atoms with Gasteiger partial charge in [0.1, 0.15) is 66.2 Å². The van der Waals surface area contributed by atoms with Crippen molar-refractivity contribution < 1.29 is 72.5 Å². The molecule has 27 heteroatoms. The molecule has 27 nitrogen and oxygen atoms in total. The lowest BCUT2D eigenvalue weighted by molar-refractivity contribution is -0.143. The zero-order valence-electron chi connectivity index (χ0n) is 53.9. The van der Waals surface area contributed by atoms with Gasteiger partial charge in [-0.05, 0) is 78.0 Å². The summed E-state index contributed by atoms with van der Waals surface area (Å²) in [6, 6.07) is 23.6. The number of carboxylic acid groups (broad SMARTS) is 1. The lowest BCUT2D eigenvalue weighted by Crippen LogP contribution is -2.62. The number of nitrogens with zero attached hydrogens (tertiary/aromatic N) is 1. The number of carboxylic acids is 1. The normalized spacial score (nSPS) is 23.1. The van der Waals surface area contributed by atoms with Crippen molar-refractivity contribution in [2.75, 3.05) is 6.54 Å². The first-order valence-electron chi connectivity index (χ1n) is 32.1. The number of benzene rings is 5. The molecule has 2 aliphatic rings. The lowest BCUT2D eigenvalue weighted by atomic mass is 9.99. The van der Waals surface area contributed by atoms with Crippen LogP contribution in [0.1, 0.15) is 93.0 Å². The molecule has 0 radical (unpaired) electrons. The van der Waals surface area contributed by atoms with Gasteiger partial charge in [0.15, 0.2) is 0 Å². The van der Waals surface area contributed by atoms with E-state index in [1.165, 1.54) is 29.2 Å². The molecule has 7 rings (SSSR count). The Bertz CT molecular complexity index is 3590. The van der Waals surface area contributed by atoms with Crippen molar-refractivity contribution >= 4 is 76.9 Å². The molecule has 0 spiro atoms. The minimum Gasteiger partial charge on any atom is -0.508 e. The van der Waals surface area contributed by atoms with Gasteiger partial charge in [0.2, 0.25) is 70.9 Å². The molecule has 10 atom stereocenters. The number of phenols is 1. The van der Waals surface area contributed by atoms with Gasteiger partial charge < -0.3 is 74.4 Å². The summed E-state index contributed by atoms with van der Waals surface area (Å²) in [6.45, 7) is 3.59. The van der Waals surface area contributed by atoms with Crippen molar-refractivity contribution in [2.24, 2.45) is 17.4 Å². The van der Waals surface area contributed by atoms with Gasteiger partial charge >= 0.3 is 5.97 Å². The topological polar surface area (TPSA) is 426 Å². The summed E-state index contributed by atoms with van der Waals surface area (Å²) in [6.07, 6.45) is -3.83. The Labute approximate surface area is 560 Å². The molecule has 0 unspecified atom stereocenters. The van der Waals surface area contributed by atoms with Crippen LogP contribution in [0.2, 0.25) is 0 Å². The fourth-order valence-corrected chi connectivity index (χ4v) is 11.5. The van der Waals surface area contributed by atoms with Crippen molar-refractivity contribution in [1.29, 1.82) is 0 Å². The van der Waals surface area contributed by atoms with Crippen LogP contribution in [0.15, 0.2) is 146 Å². The highest BCUT2D eigenvalue weighted by Gasteiger charge is 2.42. The molecular weight excluding hydrogens is 1250 g/mol. The van der Waals surface area contributed by atoms with Gasteiger partial charge in [0.25, 0.3) is 0 Å². The predicted molar refractivity (Wildman–Crippen MR) is 353 cm³/mol. The highest BCUT2D eigenvalue weighted by atomic mass is 16.4. The average Bonchev–Trinajstić information content (AvgIpc) is 1.79. The summed E-state index contributed by atoms with van der Waals surface area (Å²) in [7, 11) is 0. The van der Waals surface area contributed by atoms with Crippen molar-refractivity contribution in [1.82, 2.24) is 52.8 Å². The van der Waals surface area contributed by atoms with Gasteiger partial charge in [-0.2, -0.15) is 0 Å². The van der Waals surface area contributed by atoms with E-state index in [-0.39, 0.29) is 63.2 Å². The van der Waals surface area contributed by atoms with Crippen molar-refractivity contribution in [2.45, 2.75) is 158 Å². The number of hydrogen-bond donors (Lipinski definition) is 13. The summed E-state index contributed by atoms with van der Waals surface area (Å²) in [5, 5.41) is 44.1. The molecule has 2 saturated heterocycles. The number of nitrogens with one attached hydrogen (secondary N) is 9. The van der Waals surface area contributed by atoms with E-state index < -0.39 is 169 Å². The number of amides is 12. The summed E-state index contributed by atoms with van der Waals surface area (Å²) in [4.78, 5) is 187. The Morgan fingerprint density at radius 3 is 1.08 bits per heavy atom. The molecule has 0 saturated carbocycles. The molecule has 12 amide bonds. The van der Waals surface area contributed by atoms with Crippen LogP contribution in [0.5, 0.6) is 5.75 Å². The van der Waals surface area contributed by atoms with Gasteiger partial charge in [-0.25, -0.2) is 0 Å². The van der Waals surface area contributed by atoms with Gasteiger partial charge in [-0.3, -0.25) is 62.3 Å². The number of carbonyl (C=O) groups is 13. The molecule has 97 heavy (non-hydrogen) atoms. The van der Waals surface area contributed by atoms with Gasteiger partial charge in [0, 0.05) is 51.5 Å². The zero-order valence-corrected chi connectivity index (χ0v) is 53.9. The van der Waals surface area contributed by atoms with Crippen molar-refractivity contribution in [3.8, 4) is 5.75 Å². The van der Waals surface area contributed by atoms with E-state index in [4.69, 9.17) is 11.5 Å². The van der Waals surface area contributed by atoms with Crippen LogP contribution in [0.3, 0.4) is 0 Å². The number of rotatable bonds is 20. The molecule has 0 bridgehead atoms. The fourth-order valence-electron chi connectivity index (χ4n) is 11.5. The SMILES string of the molecule is CC(C)C[C@@H]1NC(=O)[C@H](CCC(N)=O)NC(=O)[C@H](Cc2ccccc2)NC(=O)[C@H](Cc2ccc(O)cc2)NC(=O)[C@H](CCC(N)=O)NC(=O)[C@H](CC(=O)O)NC(=O)[C@@H](Cc2ccccc2)NC(=O)[C@H](Cc2ccccc2)NC(=O)[C@@H]2CCCN2C(=O)[C@@H](Cc2ccccc2)NC1=O. The maximum absolute atomic E-state index is 15.2. The van der Waals surface area contributed by atoms with Crippen LogP contribution >= 0.6 is 0 Å². The highest BCUT2D eigenvalue weighted by molar-refractivity contribution is 6.01. The highest BCUT2D eigenvalue weighted by Crippen LogP contribution is 2.22. The van der Waals surface area contributed by atoms with E-state index in [2.05, 4.69) is 47.9 Å². The third kappa shape index (κ3) is 23.2. The van der Waals surface area contributed by atoms with Gasteiger partial charge in [-0.1, -0.05) is 147 Å². The summed E-state index contributed by atoms with van der Waals surface area (Å²) < 4.78 is 0. The number of fused-ring (bicyclic) bond motifs is 1. The van der Waals surface area contributed by atoms with E-state index >= 15 is 4.79 Å². The van der Waals surface area contributed by atoms with E-state index in [0.717, 1.165) is 0 Å². The van der Waals surface area contributed by atoms with Crippen molar-refractivity contribution in [3.05, 3.63) is 173 Å². The van der Waals surface area contributed by atoms with E-state index in [9.17, 15) is 67.7 Å². The van der Waals surface area contributed by atoms with Crippen LogP contribution in [-0.4, -0.2) is 159 Å². The van der Waals surface area contributed by atoms with Gasteiger partial charge in [0.05, 0.1) is 6.42 Å². The molecule has 2 fully saturated rings. The number of nitrogens with two attached hydrogens (primary N) is 2. The monoisotopic (exact) mass is 1330 g/mol. The summed E-state index contributed by atoms with van der Waals surface area (Å²) in [5.41, 5.74) is 13.6. The minimum absolute atomic E-state index is 0.0232. The summed E-state index contributed by atoms with van der Waals surface area (Å²) >= 11 is 0. The number of phenolic OH excluding ortho intramolecular Hbond substituents is 1. The van der Waals surface area contributed by atoms with E-state index in [0.29, 0.717) is 34.2 Å². The zero-order chi connectivity index (χ0) is 70.1. The molecule has 0 aromatic heterocycles. The maximum atomic E-state index is 15.2. The number of hydrogen-bond acceptors (Lipinski definition) is 14. The molecule has 2 aliphatic heterocycles. The van der Waals surface area contributed by atoms with E-state index in [1.54, 1.807) is 135 Å². The second-order valence-corrected chi connectivity index (χ2v) is 24.6. The Morgan fingerprint density at radius 2 is 0.711 bits per heavy atom. The van der Waals surface area contributed by atoms with Crippen LogP contribution in [-0.2, 0) is 94.4 Å². The smallest absolute Gasteiger partial charge is 0.305 e. The average molecular weight is 1330 g/mol. The second kappa shape index (κ2) is 36.0. The Morgan fingerprint density at radius 1 is 0.412 bits per heavy atom. The van der Waals surface area contributed by atoms with Crippen LogP contribution in [0.25, 0.3) is 0 Å². The van der Waals surface area contributed by atoms with E-state index in [1.807, 2.05) is 0 Å². The number of aromatic hydroxyl groups is 1. The molecule has 5 aromatic rings. The first-order valence-corrected chi connectivity index (χ1v) is 32.1. The maximum Gasteiger partial charge on any atom is 0.305 e. The second-order valence-electron chi connectivity index (χ2n) is 24.6. The molecule has 15 N–H and O–H groups in total. The summed E-state index contributed by atoms with van der Waals surface area (Å²) in [5.74, 6) is -13.5. The Balaban J connectivity index is 1.34. The Hall–Kier alpha value is -11.0. The first-order chi connectivity index (χ1) is 46.4. The standard InChI is InChI=1S/C70H84N12O15/c1-41(2)34-50-63(90)81-56(39-45-22-13-6-14-23-45)70(97)82-33-15-24-57(82)69(96)80-54(37-44-20-11-5-12-21-44)67(94)78-52(36-43-18-9-4-10-19-43)66(93)79-55(40-60(86)87)68(95)74-49(30-32-59(72)85)62(89)76-53(38-46-25-27-47(83)28-26-46)65(92)77-51(35-42-16-7-3-8-17-42)64(91)73-48(61(88)75-50)29-31-58(71)84/h3-14,16-23,25-28,41,48-57,83H,15,24,29-40H2,1-2H3,(H2,71,84)(H2,72,85)(H,73,91)(H,74,95)(H,75,88)(H,76,89)(H,77,92)(H,78,94)(H,79,93)(H,80,96)(H,81,90)(H,86,87)/t48-,49-,50-,51-,52+,53-,54-,55-,56+,57-/m0/s1. The first kappa shape index (κ1) is 73.4. The molecule has 514 valence electrons. The number of carbonyl (C=O) groups excluding carboxylic acids is 12. The molecular formula is C70H84N12O15. The number of primary amides is 2. The van der Waals surface area contributed by atoms with Crippen molar-refractivity contribution in [3.63, 3.8) is 0 Å². The molecule has 0 aliphatic carbocycles. The van der Waals surface area contributed by atoms with Crippen LogP contribution < -0.4 is 59.3 Å². The third-order valence-electron chi connectivity index (χ3n) is 16.5. The van der Waals surface area contributed by atoms with Crippen LogP contribution in [0.4, 0.5) is 0 Å². The lowest BCUT2D eigenvalue weighted by Gasteiger charge is -2.31. The van der Waals surface area contributed by atoms with Gasteiger partial charge in [-0.15, -0.1) is 0 Å². The quantitative estimate of drug-likeness (QED) is 0.0499. The molecule has 2 heterocycles. The minimum atomic E-state index is -2.01. The third-order valence-corrected chi connectivity index (χ3v) is 16.5. The molecule has 5 aromatic carbocycles. The van der Waals surface area contributed by atoms with Crippen LogP contribution in [0, 0.1) is 5.92 Å². The Kier molecular flexibility index (Phi) is 27.3. The fraction of sp³-hybridized carbons (Fsp3) is 0.386. The largest absolute Gasteiger partial charge is 0.508 e.